The number of fused-ring (bicyclic) bond motifs is 1. The molecule has 0 spiro atoms. The van der Waals surface area contributed by atoms with Gasteiger partial charge >= 0.3 is 12.2 Å². The van der Waals surface area contributed by atoms with Crippen molar-refractivity contribution in [3.63, 3.8) is 0 Å². The number of alkyl halides is 3. The molecule has 3 N–H and O–H groups in total. The highest BCUT2D eigenvalue weighted by Gasteiger charge is 2.34. The molecule has 0 aromatic heterocycles. The van der Waals surface area contributed by atoms with Crippen LogP contribution < -0.4 is 16.0 Å². The van der Waals surface area contributed by atoms with Gasteiger partial charge in [0.2, 0.25) is 0 Å². The largest absolute Gasteiger partial charge is 0.405 e. The zero-order valence-corrected chi connectivity index (χ0v) is 10.3. The van der Waals surface area contributed by atoms with Gasteiger partial charge in [0.1, 0.15) is 6.54 Å². The molecule has 0 saturated heterocycles. The first kappa shape index (κ1) is 13.5. The Morgan fingerprint density at radius 1 is 1.53 bits per heavy atom. The van der Waals surface area contributed by atoms with Gasteiger partial charge in [0.05, 0.1) is 0 Å². The van der Waals surface area contributed by atoms with Crippen LogP contribution in [0.25, 0.3) is 0 Å². The van der Waals surface area contributed by atoms with E-state index in [1.165, 1.54) is 4.90 Å². The van der Waals surface area contributed by atoms with E-state index in [0.717, 1.165) is 5.56 Å². The highest BCUT2D eigenvalue weighted by atomic mass is 19.4. The van der Waals surface area contributed by atoms with Crippen LogP contribution in [0.3, 0.4) is 0 Å². The minimum absolute atomic E-state index is 0.190. The minimum atomic E-state index is -4.41. The molecule has 4 nitrogen and oxygen atoms in total. The van der Waals surface area contributed by atoms with Crippen LogP contribution in [-0.4, -0.2) is 24.8 Å². The minimum Gasteiger partial charge on any atom is -0.399 e. The van der Waals surface area contributed by atoms with Crippen LogP contribution in [0.5, 0.6) is 0 Å². The van der Waals surface area contributed by atoms with Gasteiger partial charge in [-0.05, 0) is 37.1 Å². The number of carbonyl (C=O) groups is 1. The smallest absolute Gasteiger partial charge is 0.399 e. The second kappa shape index (κ2) is 4.64. The van der Waals surface area contributed by atoms with Crippen molar-refractivity contribution < 1.29 is 18.0 Å². The Balaban J connectivity index is 2.15. The van der Waals surface area contributed by atoms with E-state index in [9.17, 15) is 18.0 Å². The standard InChI is InChI=1S/C12H14F3N3O/c1-7-4-8-5-9(16)2-3-10(8)18(7)11(19)17-6-12(13,14)15/h2-3,5,7H,4,6,16H2,1H3,(H,17,19). The fraction of sp³-hybridized carbons (Fsp3) is 0.417. The lowest BCUT2D eigenvalue weighted by Crippen LogP contribution is -2.46. The molecule has 19 heavy (non-hydrogen) atoms. The lowest BCUT2D eigenvalue weighted by Gasteiger charge is -2.23. The van der Waals surface area contributed by atoms with E-state index < -0.39 is 18.8 Å². The van der Waals surface area contributed by atoms with E-state index in [1.54, 1.807) is 25.1 Å². The molecule has 2 rings (SSSR count). The summed E-state index contributed by atoms with van der Waals surface area (Å²) in [5.41, 5.74) is 7.70. The van der Waals surface area contributed by atoms with Crippen molar-refractivity contribution in [1.82, 2.24) is 5.32 Å². The molecule has 7 heteroatoms. The maximum atomic E-state index is 12.1. The molecule has 0 fully saturated rings. The topological polar surface area (TPSA) is 58.4 Å². The number of nitrogen functional groups attached to an aromatic ring is 1. The number of nitrogens with two attached hydrogens (primary N) is 1. The molecule has 1 atom stereocenters. The van der Waals surface area contributed by atoms with E-state index in [1.807, 2.05) is 5.32 Å². The molecule has 0 radical (unpaired) electrons. The summed E-state index contributed by atoms with van der Waals surface area (Å²) in [5, 5.41) is 1.88. The van der Waals surface area contributed by atoms with Gasteiger partial charge in [-0.3, -0.25) is 4.90 Å². The summed E-state index contributed by atoms with van der Waals surface area (Å²) >= 11 is 0. The van der Waals surface area contributed by atoms with Gasteiger partial charge < -0.3 is 11.1 Å². The van der Waals surface area contributed by atoms with E-state index in [4.69, 9.17) is 5.73 Å². The molecule has 1 aliphatic rings. The maximum Gasteiger partial charge on any atom is 0.405 e. The first-order valence-corrected chi connectivity index (χ1v) is 5.80. The second-order valence-corrected chi connectivity index (χ2v) is 4.59. The molecular weight excluding hydrogens is 259 g/mol. The van der Waals surface area contributed by atoms with Crippen molar-refractivity contribution in [1.29, 1.82) is 0 Å². The molecule has 1 aliphatic heterocycles. The summed E-state index contributed by atoms with van der Waals surface area (Å²) in [6.45, 7) is 0.447. The Morgan fingerprint density at radius 3 is 2.84 bits per heavy atom. The molecule has 1 aromatic rings. The molecular formula is C12H14F3N3O. The van der Waals surface area contributed by atoms with Crippen molar-refractivity contribution in [2.24, 2.45) is 0 Å². The summed E-state index contributed by atoms with van der Waals surface area (Å²) in [5.74, 6) is 0. The first-order chi connectivity index (χ1) is 8.78. The van der Waals surface area contributed by atoms with Gasteiger partial charge in [0, 0.05) is 17.4 Å². The van der Waals surface area contributed by atoms with Crippen LogP contribution in [0, 0.1) is 0 Å². The van der Waals surface area contributed by atoms with Crippen LogP contribution in [0.2, 0.25) is 0 Å². The number of amides is 2. The van der Waals surface area contributed by atoms with Crippen LogP contribution in [0.1, 0.15) is 12.5 Å². The predicted octanol–water partition coefficient (Wildman–Crippen LogP) is 2.29. The third-order valence-corrected chi connectivity index (χ3v) is 2.98. The number of halogens is 3. The molecule has 0 saturated carbocycles. The van der Waals surface area contributed by atoms with Gasteiger partial charge in [-0.1, -0.05) is 0 Å². The number of carbonyl (C=O) groups excluding carboxylic acids is 1. The van der Waals surface area contributed by atoms with Gasteiger partial charge in [-0.2, -0.15) is 13.2 Å². The van der Waals surface area contributed by atoms with Crippen molar-refractivity contribution in [3.05, 3.63) is 23.8 Å². The molecule has 1 unspecified atom stereocenters. The quantitative estimate of drug-likeness (QED) is 0.771. The van der Waals surface area contributed by atoms with Crippen LogP contribution in [0.4, 0.5) is 29.3 Å². The molecule has 1 aromatic carbocycles. The Labute approximate surface area is 108 Å². The van der Waals surface area contributed by atoms with Gasteiger partial charge in [-0.15, -0.1) is 0 Å². The third-order valence-electron chi connectivity index (χ3n) is 2.98. The number of anilines is 2. The predicted molar refractivity (Wildman–Crippen MR) is 66.0 cm³/mol. The van der Waals surface area contributed by atoms with Crippen molar-refractivity contribution in [2.75, 3.05) is 17.2 Å². The van der Waals surface area contributed by atoms with Gasteiger partial charge in [-0.25, -0.2) is 4.79 Å². The average molecular weight is 273 g/mol. The number of hydrogen-bond acceptors (Lipinski definition) is 2. The second-order valence-electron chi connectivity index (χ2n) is 4.59. The number of hydrogen-bond donors (Lipinski definition) is 2. The first-order valence-electron chi connectivity index (χ1n) is 5.80. The average Bonchev–Trinajstić information content (AvgIpc) is 2.60. The van der Waals surface area contributed by atoms with Crippen LogP contribution in [0.15, 0.2) is 18.2 Å². The molecule has 1 heterocycles. The molecule has 2 amide bonds. The van der Waals surface area contributed by atoms with E-state index in [2.05, 4.69) is 0 Å². The fourth-order valence-corrected chi connectivity index (χ4v) is 2.22. The summed E-state index contributed by atoms with van der Waals surface area (Å²) in [7, 11) is 0. The van der Waals surface area contributed by atoms with Gasteiger partial charge in [0.15, 0.2) is 0 Å². The Bertz CT molecular complexity index is 501. The summed E-state index contributed by atoms with van der Waals surface area (Å²) in [6.07, 6.45) is -3.83. The number of urea groups is 1. The Morgan fingerprint density at radius 2 is 2.21 bits per heavy atom. The van der Waals surface area contributed by atoms with E-state index in [-0.39, 0.29) is 6.04 Å². The molecule has 0 aliphatic carbocycles. The van der Waals surface area contributed by atoms with Crippen LogP contribution in [-0.2, 0) is 6.42 Å². The molecule has 0 bridgehead atoms. The fourth-order valence-electron chi connectivity index (χ4n) is 2.22. The zero-order valence-electron chi connectivity index (χ0n) is 10.3. The summed E-state index contributed by atoms with van der Waals surface area (Å²) in [4.78, 5) is 13.2. The lowest BCUT2D eigenvalue weighted by molar-refractivity contribution is -0.122. The SMILES string of the molecule is CC1Cc2cc(N)ccc2N1C(=O)NCC(F)(F)F. The van der Waals surface area contributed by atoms with E-state index in [0.29, 0.717) is 17.8 Å². The van der Waals surface area contributed by atoms with E-state index >= 15 is 0 Å². The van der Waals surface area contributed by atoms with Crippen molar-refractivity contribution >= 4 is 17.4 Å². The molecule has 104 valence electrons. The summed E-state index contributed by atoms with van der Waals surface area (Å²) in [6, 6.07) is 4.09. The highest BCUT2D eigenvalue weighted by Crippen LogP contribution is 2.33. The lowest BCUT2D eigenvalue weighted by atomic mass is 10.1. The van der Waals surface area contributed by atoms with Gasteiger partial charge in [0.25, 0.3) is 0 Å². The summed E-state index contributed by atoms with van der Waals surface area (Å²) < 4.78 is 36.3. The van der Waals surface area contributed by atoms with Crippen molar-refractivity contribution in [3.8, 4) is 0 Å². The highest BCUT2D eigenvalue weighted by molar-refractivity contribution is 5.95. The zero-order chi connectivity index (χ0) is 14.2. The Hall–Kier alpha value is -1.92. The van der Waals surface area contributed by atoms with Crippen LogP contribution >= 0.6 is 0 Å². The Kier molecular flexibility index (Phi) is 3.30. The maximum absolute atomic E-state index is 12.1. The van der Waals surface area contributed by atoms with Crippen molar-refractivity contribution in [2.45, 2.75) is 25.6 Å². The number of nitrogens with zero attached hydrogens (tertiary/aromatic N) is 1. The third kappa shape index (κ3) is 2.91. The normalized spacial score (nSPS) is 18.3. The monoisotopic (exact) mass is 273 g/mol. The number of benzene rings is 1. The number of rotatable bonds is 1. The number of nitrogens with one attached hydrogen (secondary N) is 1.